The van der Waals surface area contributed by atoms with Crippen LogP contribution in [0.2, 0.25) is 18.1 Å². The highest BCUT2D eigenvalue weighted by Crippen LogP contribution is 2.49. The molecule has 1 aromatic carbocycles. The van der Waals surface area contributed by atoms with Gasteiger partial charge in [0.2, 0.25) is 5.75 Å². The van der Waals surface area contributed by atoms with Crippen molar-refractivity contribution in [3.05, 3.63) is 14.7 Å². The van der Waals surface area contributed by atoms with Crippen molar-refractivity contribution in [1.82, 2.24) is 0 Å². The number of esters is 1. The van der Waals surface area contributed by atoms with Crippen LogP contribution in [0.4, 0.5) is 0 Å². The van der Waals surface area contributed by atoms with Crippen molar-refractivity contribution in [2.24, 2.45) is 0 Å². The second-order valence-electron chi connectivity index (χ2n) is 7.06. The Morgan fingerprint density at radius 3 is 1.88 bits per heavy atom. The summed E-state index contributed by atoms with van der Waals surface area (Å²) in [5.41, 5.74) is 1.12. The Hall–Kier alpha value is -0.963. The summed E-state index contributed by atoms with van der Waals surface area (Å²) in [7, 11) is 2.31. The maximum Gasteiger partial charge on any atom is 0.342 e. The van der Waals surface area contributed by atoms with Crippen molar-refractivity contribution in [2.45, 2.75) is 45.8 Å². The Balaban J connectivity index is 3.70. The van der Waals surface area contributed by atoms with Crippen LogP contribution in [-0.4, -0.2) is 35.6 Å². The van der Waals surface area contributed by atoms with Gasteiger partial charge in [-0.25, -0.2) is 4.79 Å². The first-order valence-corrected chi connectivity index (χ1v) is 11.6. The van der Waals surface area contributed by atoms with Gasteiger partial charge in [-0.2, -0.15) is 0 Å². The number of halogens is 1. The van der Waals surface area contributed by atoms with Gasteiger partial charge in [-0.05, 0) is 53.2 Å². The van der Waals surface area contributed by atoms with Gasteiger partial charge in [0.1, 0.15) is 5.56 Å². The van der Waals surface area contributed by atoms with Crippen molar-refractivity contribution >= 4 is 36.9 Å². The lowest BCUT2D eigenvalue weighted by Crippen LogP contribution is -2.44. The molecule has 0 radical (unpaired) electrons. The molecule has 5 nitrogen and oxygen atoms in total. The zero-order valence-electron chi connectivity index (χ0n) is 15.9. The van der Waals surface area contributed by atoms with E-state index < -0.39 is 14.3 Å². The number of carbonyl (C=O) groups is 1. The minimum atomic E-state index is -2.09. The highest BCUT2D eigenvalue weighted by Gasteiger charge is 2.41. The molecule has 0 saturated heterocycles. The Labute approximate surface area is 159 Å². The highest BCUT2D eigenvalue weighted by molar-refractivity contribution is 14.1. The molecule has 0 saturated carbocycles. The van der Waals surface area contributed by atoms with Crippen molar-refractivity contribution in [3.8, 4) is 17.2 Å². The summed E-state index contributed by atoms with van der Waals surface area (Å²) in [4.78, 5) is 12.2. The summed E-state index contributed by atoms with van der Waals surface area (Å²) in [6.45, 7) is 12.7. The fourth-order valence-corrected chi connectivity index (χ4v) is 3.84. The number of carbonyl (C=O) groups excluding carboxylic acids is 1. The first-order chi connectivity index (χ1) is 10.9. The van der Waals surface area contributed by atoms with Crippen molar-refractivity contribution in [3.63, 3.8) is 0 Å². The summed E-state index contributed by atoms with van der Waals surface area (Å²) < 4.78 is 23.2. The zero-order chi connectivity index (χ0) is 18.9. The number of ether oxygens (including phenoxy) is 3. The van der Waals surface area contributed by atoms with Gasteiger partial charge in [-0.15, -0.1) is 0 Å². The molecule has 0 aliphatic heterocycles. The van der Waals surface area contributed by atoms with E-state index in [-0.39, 0.29) is 5.04 Å². The topological polar surface area (TPSA) is 54.0 Å². The normalized spacial score (nSPS) is 11.9. The molecule has 0 spiro atoms. The largest absolute Gasteiger partial charge is 0.540 e. The molecule has 0 aromatic heterocycles. The molecule has 0 aliphatic carbocycles. The van der Waals surface area contributed by atoms with E-state index in [0.717, 1.165) is 9.13 Å². The SMILES string of the molecule is COC(=O)c1c(C)c(I)c(O[Si](C)(C)C(C)(C)C)c(OC)c1OC. The fourth-order valence-electron chi connectivity index (χ4n) is 1.99. The molecule has 1 aromatic rings. The molecule has 0 N–H and O–H groups in total. The van der Waals surface area contributed by atoms with E-state index in [9.17, 15) is 4.79 Å². The average molecular weight is 466 g/mol. The second kappa shape index (κ2) is 7.51. The number of benzene rings is 1. The molecular weight excluding hydrogens is 439 g/mol. The van der Waals surface area contributed by atoms with E-state index >= 15 is 0 Å². The van der Waals surface area contributed by atoms with Gasteiger partial charge in [-0.1, -0.05) is 20.8 Å². The Morgan fingerprint density at radius 2 is 1.50 bits per heavy atom. The zero-order valence-corrected chi connectivity index (χ0v) is 19.1. The molecule has 0 bridgehead atoms. The van der Waals surface area contributed by atoms with Gasteiger partial charge in [0.25, 0.3) is 8.32 Å². The molecular formula is C17H27IO5Si. The molecule has 0 fully saturated rings. The van der Waals surface area contributed by atoms with Crippen LogP contribution < -0.4 is 13.9 Å². The van der Waals surface area contributed by atoms with E-state index in [4.69, 9.17) is 18.6 Å². The van der Waals surface area contributed by atoms with Gasteiger partial charge in [0.15, 0.2) is 11.5 Å². The third-order valence-electron chi connectivity index (χ3n) is 4.50. The highest BCUT2D eigenvalue weighted by atomic mass is 127. The second-order valence-corrected chi connectivity index (χ2v) is 12.9. The van der Waals surface area contributed by atoms with E-state index in [2.05, 4.69) is 56.5 Å². The molecule has 1 rings (SSSR count). The van der Waals surface area contributed by atoms with Crippen molar-refractivity contribution in [2.75, 3.05) is 21.3 Å². The standard InChI is InChI=1S/C17H27IO5Si/c1-10-11(16(19)22-7)13(20-5)15(21-6)14(12(10)18)23-24(8,9)17(2,3)4/h1-9H3. The Kier molecular flexibility index (Phi) is 6.60. The van der Waals surface area contributed by atoms with Crippen LogP contribution in [-0.2, 0) is 4.74 Å². The number of hydrogen-bond acceptors (Lipinski definition) is 5. The maximum atomic E-state index is 12.2. The number of rotatable bonds is 5. The van der Waals surface area contributed by atoms with E-state index in [1.807, 2.05) is 6.92 Å². The fraction of sp³-hybridized carbons (Fsp3) is 0.588. The molecule has 0 atom stereocenters. The summed E-state index contributed by atoms with van der Waals surface area (Å²) in [5.74, 6) is 0.944. The summed E-state index contributed by atoms with van der Waals surface area (Å²) in [6, 6.07) is 0. The minimum absolute atomic E-state index is 0.0310. The Morgan fingerprint density at radius 1 is 1.00 bits per heavy atom. The molecule has 7 heteroatoms. The van der Waals surface area contributed by atoms with Crippen LogP contribution in [0.1, 0.15) is 36.7 Å². The van der Waals surface area contributed by atoms with Crippen molar-refractivity contribution in [1.29, 1.82) is 0 Å². The van der Waals surface area contributed by atoms with Crippen LogP contribution in [0.3, 0.4) is 0 Å². The predicted octanol–water partition coefficient (Wildman–Crippen LogP) is 4.79. The van der Waals surface area contributed by atoms with Gasteiger partial charge in [0.05, 0.1) is 24.9 Å². The summed E-state index contributed by atoms with van der Waals surface area (Å²) in [6.07, 6.45) is 0. The van der Waals surface area contributed by atoms with Crippen molar-refractivity contribution < 1.29 is 23.4 Å². The minimum Gasteiger partial charge on any atom is -0.540 e. The van der Waals surface area contributed by atoms with Crippen LogP contribution in [0, 0.1) is 10.5 Å². The number of methoxy groups -OCH3 is 3. The summed E-state index contributed by atoms with van der Waals surface area (Å²) in [5, 5.41) is 0.0310. The summed E-state index contributed by atoms with van der Waals surface area (Å²) >= 11 is 2.18. The third-order valence-corrected chi connectivity index (χ3v) is 10.1. The molecule has 0 amide bonds. The third kappa shape index (κ3) is 3.82. The maximum absolute atomic E-state index is 12.2. The lowest BCUT2D eigenvalue weighted by Gasteiger charge is -2.37. The average Bonchev–Trinajstić information content (AvgIpc) is 2.49. The number of hydrogen-bond donors (Lipinski definition) is 0. The lowest BCUT2D eigenvalue weighted by atomic mass is 10.1. The van der Waals surface area contributed by atoms with Gasteiger partial charge in [-0.3, -0.25) is 0 Å². The van der Waals surface area contributed by atoms with E-state index in [0.29, 0.717) is 22.8 Å². The lowest BCUT2D eigenvalue weighted by molar-refractivity contribution is 0.0595. The molecule has 136 valence electrons. The Bertz CT molecular complexity index is 635. The smallest absolute Gasteiger partial charge is 0.342 e. The first-order valence-electron chi connectivity index (χ1n) is 7.64. The van der Waals surface area contributed by atoms with Crippen LogP contribution in [0.15, 0.2) is 0 Å². The molecule has 24 heavy (non-hydrogen) atoms. The molecule has 0 aliphatic rings. The van der Waals surface area contributed by atoms with Crippen LogP contribution in [0.25, 0.3) is 0 Å². The van der Waals surface area contributed by atoms with Gasteiger partial charge >= 0.3 is 5.97 Å². The van der Waals surface area contributed by atoms with Crippen LogP contribution in [0.5, 0.6) is 17.2 Å². The monoisotopic (exact) mass is 466 g/mol. The van der Waals surface area contributed by atoms with E-state index in [1.54, 1.807) is 7.11 Å². The van der Waals surface area contributed by atoms with Gasteiger partial charge in [0, 0.05) is 0 Å². The van der Waals surface area contributed by atoms with Crippen LogP contribution >= 0.6 is 22.6 Å². The predicted molar refractivity (Wildman–Crippen MR) is 106 cm³/mol. The molecule has 0 unspecified atom stereocenters. The van der Waals surface area contributed by atoms with Gasteiger partial charge < -0.3 is 18.6 Å². The van der Waals surface area contributed by atoms with E-state index in [1.165, 1.54) is 14.2 Å². The first kappa shape index (κ1) is 21.1. The quantitative estimate of drug-likeness (QED) is 0.355. The molecule has 0 heterocycles.